The summed E-state index contributed by atoms with van der Waals surface area (Å²) in [7, 11) is 0. The molecular weight excluding hydrogens is 232 g/mol. The van der Waals surface area contributed by atoms with Gasteiger partial charge in [-0.25, -0.2) is 0 Å². The molecule has 1 unspecified atom stereocenters. The Balaban J connectivity index is 2.03. The molecule has 1 fully saturated rings. The zero-order chi connectivity index (χ0) is 13.3. The van der Waals surface area contributed by atoms with Gasteiger partial charge >= 0.3 is 0 Å². The highest BCUT2D eigenvalue weighted by molar-refractivity contribution is 5.84. The Morgan fingerprint density at radius 1 is 1.39 bits per heavy atom. The number of nitro benzene ring substituents is 1. The van der Waals surface area contributed by atoms with E-state index in [-0.39, 0.29) is 23.1 Å². The largest absolute Gasteiger partial charge is 0.353 e. The van der Waals surface area contributed by atoms with Gasteiger partial charge in [0.1, 0.15) is 0 Å². The average molecular weight is 248 g/mol. The number of non-ortho nitro benzene ring substituents is 1. The van der Waals surface area contributed by atoms with Crippen molar-refractivity contribution in [3.63, 3.8) is 0 Å². The van der Waals surface area contributed by atoms with Gasteiger partial charge in [0.15, 0.2) is 0 Å². The van der Waals surface area contributed by atoms with E-state index < -0.39 is 4.92 Å². The highest BCUT2D eigenvalue weighted by Gasteiger charge is 2.38. The van der Waals surface area contributed by atoms with Crippen molar-refractivity contribution >= 4 is 11.6 Å². The standard InChI is InChI=1S/C13H16N2O3/c1-13(2)8-10(14-12(13)16)7-9-3-5-11(6-4-9)15(17)18/h3-6,10H,7-8H2,1-2H3,(H,14,16). The fourth-order valence-corrected chi connectivity index (χ4v) is 2.30. The van der Waals surface area contributed by atoms with Crippen LogP contribution in [0, 0.1) is 15.5 Å². The van der Waals surface area contributed by atoms with Crippen molar-refractivity contribution in [3.05, 3.63) is 39.9 Å². The summed E-state index contributed by atoms with van der Waals surface area (Å²) in [6.45, 7) is 3.86. The summed E-state index contributed by atoms with van der Waals surface area (Å²) in [4.78, 5) is 21.8. The van der Waals surface area contributed by atoms with Crippen molar-refractivity contribution < 1.29 is 9.72 Å². The Morgan fingerprint density at radius 2 is 2.00 bits per heavy atom. The van der Waals surface area contributed by atoms with Gasteiger partial charge in [0.05, 0.1) is 4.92 Å². The van der Waals surface area contributed by atoms with Gasteiger partial charge in [-0.05, 0) is 18.4 Å². The number of hydrogen-bond acceptors (Lipinski definition) is 3. The molecule has 1 amide bonds. The topological polar surface area (TPSA) is 72.2 Å². The van der Waals surface area contributed by atoms with Crippen molar-refractivity contribution in [2.24, 2.45) is 5.41 Å². The van der Waals surface area contributed by atoms with Gasteiger partial charge in [0, 0.05) is 23.6 Å². The lowest BCUT2D eigenvalue weighted by Gasteiger charge is -2.12. The first-order chi connectivity index (χ1) is 8.38. The molecule has 1 aromatic carbocycles. The van der Waals surface area contributed by atoms with Gasteiger partial charge < -0.3 is 5.32 Å². The number of nitrogens with zero attached hydrogens (tertiary/aromatic N) is 1. The fraction of sp³-hybridized carbons (Fsp3) is 0.462. The summed E-state index contributed by atoms with van der Waals surface area (Å²) in [5.74, 6) is 0.0782. The number of hydrogen-bond donors (Lipinski definition) is 1. The van der Waals surface area contributed by atoms with Gasteiger partial charge in [-0.2, -0.15) is 0 Å². The molecule has 1 saturated heterocycles. The van der Waals surface area contributed by atoms with Crippen molar-refractivity contribution in [3.8, 4) is 0 Å². The minimum atomic E-state index is -0.412. The molecule has 0 spiro atoms. The second-order valence-electron chi connectivity index (χ2n) is 5.39. The van der Waals surface area contributed by atoms with E-state index >= 15 is 0 Å². The smallest absolute Gasteiger partial charge is 0.269 e. The van der Waals surface area contributed by atoms with Gasteiger partial charge in [0.25, 0.3) is 5.69 Å². The van der Waals surface area contributed by atoms with Crippen LogP contribution in [-0.4, -0.2) is 16.9 Å². The average Bonchev–Trinajstić information content (AvgIpc) is 2.53. The summed E-state index contributed by atoms with van der Waals surface area (Å²) in [6.07, 6.45) is 1.51. The second-order valence-corrected chi connectivity index (χ2v) is 5.39. The molecule has 96 valence electrons. The molecule has 1 heterocycles. The van der Waals surface area contributed by atoms with Crippen LogP contribution in [0.2, 0.25) is 0 Å². The van der Waals surface area contributed by atoms with Crippen molar-refractivity contribution in [2.75, 3.05) is 0 Å². The van der Waals surface area contributed by atoms with Gasteiger partial charge in [-0.15, -0.1) is 0 Å². The van der Waals surface area contributed by atoms with E-state index in [2.05, 4.69) is 5.32 Å². The number of carbonyl (C=O) groups excluding carboxylic acids is 1. The zero-order valence-electron chi connectivity index (χ0n) is 10.5. The molecule has 18 heavy (non-hydrogen) atoms. The van der Waals surface area contributed by atoms with Crippen molar-refractivity contribution in [2.45, 2.75) is 32.7 Å². The third kappa shape index (κ3) is 2.50. The predicted molar refractivity (Wildman–Crippen MR) is 67.1 cm³/mol. The molecule has 1 N–H and O–H groups in total. The molecule has 0 bridgehead atoms. The third-order valence-corrected chi connectivity index (χ3v) is 3.34. The van der Waals surface area contributed by atoms with Crippen LogP contribution in [-0.2, 0) is 11.2 Å². The van der Waals surface area contributed by atoms with E-state index in [1.54, 1.807) is 12.1 Å². The Bertz CT molecular complexity index is 480. The number of benzene rings is 1. The molecule has 0 radical (unpaired) electrons. The minimum absolute atomic E-state index is 0.0782. The van der Waals surface area contributed by atoms with E-state index in [0.717, 1.165) is 12.0 Å². The van der Waals surface area contributed by atoms with Crippen LogP contribution in [0.1, 0.15) is 25.8 Å². The Morgan fingerprint density at radius 3 is 2.44 bits per heavy atom. The number of amides is 1. The van der Waals surface area contributed by atoms with Crippen molar-refractivity contribution in [1.82, 2.24) is 5.32 Å². The van der Waals surface area contributed by atoms with E-state index in [4.69, 9.17) is 0 Å². The van der Waals surface area contributed by atoms with Crippen LogP contribution in [0.5, 0.6) is 0 Å². The summed E-state index contributed by atoms with van der Waals surface area (Å²) < 4.78 is 0. The first-order valence-electron chi connectivity index (χ1n) is 5.93. The van der Waals surface area contributed by atoms with Crippen LogP contribution < -0.4 is 5.32 Å². The van der Waals surface area contributed by atoms with Gasteiger partial charge in [0.2, 0.25) is 5.91 Å². The van der Waals surface area contributed by atoms with E-state index in [1.165, 1.54) is 12.1 Å². The normalized spacial score (nSPS) is 21.7. The number of nitro groups is 1. The monoisotopic (exact) mass is 248 g/mol. The Kier molecular flexibility index (Phi) is 3.07. The first-order valence-corrected chi connectivity index (χ1v) is 5.93. The molecule has 5 nitrogen and oxygen atoms in total. The molecule has 0 aliphatic carbocycles. The molecule has 1 aliphatic heterocycles. The third-order valence-electron chi connectivity index (χ3n) is 3.34. The molecule has 1 aromatic rings. The summed E-state index contributed by atoms with van der Waals surface area (Å²) in [5.41, 5.74) is 0.781. The molecule has 2 rings (SSSR count). The molecule has 5 heteroatoms. The molecular formula is C13H16N2O3. The number of rotatable bonds is 3. The summed E-state index contributed by atoms with van der Waals surface area (Å²) >= 11 is 0. The second kappa shape index (κ2) is 4.40. The maximum atomic E-state index is 11.6. The Hall–Kier alpha value is -1.91. The van der Waals surface area contributed by atoms with Crippen LogP contribution in [0.15, 0.2) is 24.3 Å². The maximum Gasteiger partial charge on any atom is 0.269 e. The first kappa shape index (κ1) is 12.5. The van der Waals surface area contributed by atoms with E-state index in [0.29, 0.717) is 6.42 Å². The van der Waals surface area contributed by atoms with E-state index in [9.17, 15) is 14.9 Å². The number of carbonyl (C=O) groups is 1. The SMILES string of the molecule is CC1(C)CC(Cc2ccc([N+](=O)[O-])cc2)NC1=O. The van der Waals surface area contributed by atoms with Crippen LogP contribution >= 0.6 is 0 Å². The van der Waals surface area contributed by atoms with Gasteiger partial charge in [-0.1, -0.05) is 26.0 Å². The lowest BCUT2D eigenvalue weighted by molar-refractivity contribution is -0.384. The molecule has 0 aromatic heterocycles. The van der Waals surface area contributed by atoms with Crippen LogP contribution in [0.4, 0.5) is 5.69 Å². The Labute approximate surface area is 105 Å². The molecule has 0 saturated carbocycles. The minimum Gasteiger partial charge on any atom is -0.353 e. The van der Waals surface area contributed by atoms with E-state index in [1.807, 2.05) is 13.8 Å². The highest BCUT2D eigenvalue weighted by Crippen LogP contribution is 2.30. The van der Waals surface area contributed by atoms with Crippen LogP contribution in [0.3, 0.4) is 0 Å². The highest BCUT2D eigenvalue weighted by atomic mass is 16.6. The fourth-order valence-electron chi connectivity index (χ4n) is 2.30. The summed E-state index contributed by atoms with van der Waals surface area (Å²) in [5, 5.41) is 13.5. The summed E-state index contributed by atoms with van der Waals surface area (Å²) in [6, 6.07) is 6.61. The lowest BCUT2D eigenvalue weighted by atomic mass is 9.88. The molecule has 1 atom stereocenters. The zero-order valence-corrected chi connectivity index (χ0v) is 10.5. The quantitative estimate of drug-likeness (QED) is 0.657. The predicted octanol–water partition coefficient (Wildman–Crippen LogP) is 2.05. The van der Waals surface area contributed by atoms with Crippen LogP contribution in [0.25, 0.3) is 0 Å². The number of nitrogens with one attached hydrogen (secondary N) is 1. The lowest BCUT2D eigenvalue weighted by Crippen LogP contribution is -2.29. The van der Waals surface area contributed by atoms with Gasteiger partial charge in [-0.3, -0.25) is 14.9 Å². The maximum absolute atomic E-state index is 11.6. The molecule has 1 aliphatic rings. The van der Waals surface area contributed by atoms with Crippen molar-refractivity contribution in [1.29, 1.82) is 0 Å².